The number of nitrogens with zero attached hydrogens (tertiary/aromatic N) is 2. The van der Waals surface area contributed by atoms with E-state index in [0.717, 1.165) is 52.1 Å². The molecule has 1 saturated heterocycles. The predicted octanol–water partition coefficient (Wildman–Crippen LogP) is 4.40. The van der Waals surface area contributed by atoms with Crippen LogP contribution in [0, 0.1) is 13.8 Å². The summed E-state index contributed by atoms with van der Waals surface area (Å²) in [7, 11) is 0. The summed E-state index contributed by atoms with van der Waals surface area (Å²) < 4.78 is 18.2. The number of carbonyl (C=O) groups is 1. The van der Waals surface area contributed by atoms with Crippen LogP contribution in [0.4, 0.5) is 5.69 Å². The Morgan fingerprint density at radius 1 is 1.32 bits per heavy atom. The Morgan fingerprint density at radius 2 is 2.14 bits per heavy atom. The topological polar surface area (TPSA) is 86.5 Å². The van der Waals surface area contributed by atoms with Crippen molar-refractivity contribution in [3.8, 4) is 0 Å². The van der Waals surface area contributed by atoms with Crippen molar-refractivity contribution in [2.75, 3.05) is 24.3 Å². The van der Waals surface area contributed by atoms with Crippen molar-refractivity contribution in [1.82, 2.24) is 10.1 Å². The summed E-state index contributed by atoms with van der Waals surface area (Å²) >= 11 is 3.32. The van der Waals surface area contributed by atoms with Gasteiger partial charge in [0.15, 0.2) is 10.6 Å². The molecular weight excluding hydrogens is 398 g/mol. The fourth-order valence-electron chi connectivity index (χ4n) is 2.99. The fraction of sp³-hybridized carbons (Fsp3) is 0.421. The lowest BCUT2D eigenvalue weighted by Gasteiger charge is -2.22. The Hall–Kier alpha value is -1.94. The first-order chi connectivity index (χ1) is 13.6. The zero-order valence-corrected chi connectivity index (χ0v) is 17.3. The lowest BCUT2D eigenvalue weighted by atomic mass is 10.2. The van der Waals surface area contributed by atoms with Gasteiger partial charge in [-0.15, -0.1) is 11.3 Å². The zero-order valence-electron chi connectivity index (χ0n) is 15.7. The van der Waals surface area contributed by atoms with Gasteiger partial charge in [-0.1, -0.05) is 16.9 Å². The number of ether oxygens (including phenoxy) is 2. The van der Waals surface area contributed by atoms with Crippen LogP contribution in [-0.4, -0.2) is 41.3 Å². The van der Waals surface area contributed by atoms with Gasteiger partial charge in [-0.05, 0) is 38.5 Å². The molecule has 0 saturated carbocycles. The Bertz CT molecular complexity index is 959. The molecule has 3 heterocycles. The molecule has 1 N–H and O–H groups in total. The maximum Gasteiger partial charge on any atom is 0.261 e. The van der Waals surface area contributed by atoms with Crippen LogP contribution in [0.25, 0.3) is 10.2 Å². The number of fused-ring (bicyclic) bond motifs is 1. The van der Waals surface area contributed by atoms with Crippen LogP contribution in [0.1, 0.15) is 34.7 Å². The summed E-state index contributed by atoms with van der Waals surface area (Å²) in [4.78, 5) is 17.2. The molecule has 9 heteroatoms. The number of benzene rings is 1. The van der Waals surface area contributed by atoms with Gasteiger partial charge >= 0.3 is 0 Å². The van der Waals surface area contributed by atoms with E-state index in [0.29, 0.717) is 17.0 Å². The first-order valence-electron chi connectivity index (χ1n) is 9.11. The second-order valence-corrected chi connectivity index (χ2v) is 8.85. The third-order valence-electron chi connectivity index (χ3n) is 4.36. The van der Waals surface area contributed by atoms with Gasteiger partial charge < -0.3 is 19.3 Å². The van der Waals surface area contributed by atoms with E-state index in [1.807, 2.05) is 18.2 Å². The van der Waals surface area contributed by atoms with E-state index in [4.69, 9.17) is 14.0 Å². The molecule has 3 aromatic rings. The average molecular weight is 420 g/mol. The van der Waals surface area contributed by atoms with Gasteiger partial charge in [0.2, 0.25) is 0 Å². The van der Waals surface area contributed by atoms with E-state index in [1.54, 1.807) is 36.9 Å². The number of aryl methyl sites for hydroxylation is 2. The van der Waals surface area contributed by atoms with Crippen LogP contribution in [0.15, 0.2) is 27.1 Å². The van der Waals surface area contributed by atoms with Crippen molar-refractivity contribution in [3.05, 3.63) is 35.2 Å². The average Bonchev–Trinajstić information content (AvgIpc) is 3.24. The number of thiazole rings is 1. The first-order valence-corrected chi connectivity index (χ1v) is 10.9. The summed E-state index contributed by atoms with van der Waals surface area (Å²) in [5.74, 6) is 1.18. The normalized spacial score (nSPS) is 15.2. The molecule has 4 rings (SSSR count). The maximum atomic E-state index is 12.5. The number of rotatable bonds is 6. The van der Waals surface area contributed by atoms with Gasteiger partial charge in [0.05, 0.1) is 29.1 Å². The smallest absolute Gasteiger partial charge is 0.261 e. The van der Waals surface area contributed by atoms with E-state index >= 15 is 0 Å². The highest BCUT2D eigenvalue weighted by Gasteiger charge is 2.18. The molecule has 0 bridgehead atoms. The van der Waals surface area contributed by atoms with E-state index in [9.17, 15) is 4.79 Å². The largest absolute Gasteiger partial charge is 0.361 e. The molecule has 0 aliphatic carbocycles. The number of nitrogens with one attached hydrogen (secondary N) is 1. The Balaban J connectivity index is 1.39. The number of hydrogen-bond acceptors (Lipinski definition) is 8. The van der Waals surface area contributed by atoms with E-state index in [2.05, 4.69) is 15.5 Å². The number of hydrogen-bond donors (Lipinski definition) is 1. The summed E-state index contributed by atoms with van der Waals surface area (Å²) in [5, 5.41) is 6.74. The molecule has 7 nitrogen and oxygen atoms in total. The van der Waals surface area contributed by atoms with Crippen LogP contribution < -0.4 is 5.32 Å². The van der Waals surface area contributed by atoms with Crippen LogP contribution >= 0.6 is 23.1 Å². The molecule has 1 aliphatic heterocycles. The Labute approximate surface area is 170 Å². The second-order valence-electron chi connectivity index (χ2n) is 6.48. The second kappa shape index (κ2) is 8.60. The maximum absolute atomic E-state index is 12.5. The van der Waals surface area contributed by atoms with Gasteiger partial charge in [0, 0.05) is 17.9 Å². The number of amides is 1. The summed E-state index contributed by atoms with van der Waals surface area (Å²) in [6.07, 6.45) is 1.72. The third-order valence-corrected chi connectivity index (χ3v) is 6.56. The molecule has 0 atom stereocenters. The summed E-state index contributed by atoms with van der Waals surface area (Å²) in [5.41, 5.74) is 2.71. The van der Waals surface area contributed by atoms with Crippen LogP contribution in [-0.2, 0) is 9.47 Å². The molecule has 1 aliphatic rings. The molecule has 1 amide bonds. The van der Waals surface area contributed by atoms with Gasteiger partial charge in [-0.2, -0.15) is 0 Å². The number of anilines is 1. The highest BCUT2D eigenvalue weighted by atomic mass is 32.2. The summed E-state index contributed by atoms with van der Waals surface area (Å²) in [6, 6.07) is 5.73. The number of carbonyl (C=O) groups excluding carboxylic acids is 1. The highest BCUT2D eigenvalue weighted by molar-refractivity contribution is 8.01. The molecule has 148 valence electrons. The van der Waals surface area contributed by atoms with E-state index in [-0.39, 0.29) is 12.2 Å². The lowest BCUT2D eigenvalue weighted by molar-refractivity contribution is -0.178. The van der Waals surface area contributed by atoms with Crippen LogP contribution in [0.5, 0.6) is 0 Å². The van der Waals surface area contributed by atoms with E-state index in [1.165, 1.54) is 0 Å². The van der Waals surface area contributed by atoms with Gasteiger partial charge in [-0.25, -0.2) is 4.98 Å². The quantitative estimate of drug-likeness (QED) is 0.593. The van der Waals surface area contributed by atoms with Crippen molar-refractivity contribution in [1.29, 1.82) is 0 Å². The van der Waals surface area contributed by atoms with Gasteiger partial charge in [0.1, 0.15) is 11.3 Å². The highest BCUT2D eigenvalue weighted by Crippen LogP contribution is 2.32. The molecule has 28 heavy (non-hydrogen) atoms. The monoisotopic (exact) mass is 419 g/mol. The number of thioether (sulfide) groups is 1. The van der Waals surface area contributed by atoms with E-state index < -0.39 is 0 Å². The minimum atomic E-state index is -0.220. The first kappa shape index (κ1) is 19.4. The lowest BCUT2D eigenvalue weighted by Crippen LogP contribution is -2.25. The molecule has 2 aromatic heterocycles. The van der Waals surface area contributed by atoms with Gasteiger partial charge in [0.25, 0.3) is 5.91 Å². The molecule has 0 spiro atoms. The minimum absolute atomic E-state index is 0.0956. The molecule has 0 radical (unpaired) electrons. The van der Waals surface area contributed by atoms with Crippen molar-refractivity contribution in [2.45, 2.75) is 37.3 Å². The van der Waals surface area contributed by atoms with Crippen LogP contribution in [0.2, 0.25) is 0 Å². The van der Waals surface area contributed by atoms with Crippen molar-refractivity contribution in [3.63, 3.8) is 0 Å². The SMILES string of the molecule is Cc1noc(C)c1C(=O)Nc1ccc2nc(SCCC3OCCCO3)sc2c1. The predicted molar refractivity (Wildman–Crippen MR) is 109 cm³/mol. The minimum Gasteiger partial charge on any atom is -0.361 e. The standard InChI is InChI=1S/C19H21N3O4S2/c1-11-17(12(2)26-22-11)18(23)20-13-4-5-14-15(10-13)28-19(21-14)27-9-6-16-24-7-3-8-25-16/h4-5,10,16H,3,6-9H2,1-2H3,(H,20,23). The van der Waals surface area contributed by atoms with Crippen molar-refractivity contribution < 1.29 is 18.8 Å². The van der Waals surface area contributed by atoms with Crippen molar-refractivity contribution >= 4 is 44.9 Å². The Morgan fingerprint density at radius 3 is 2.89 bits per heavy atom. The molecule has 0 unspecified atom stereocenters. The summed E-state index contributed by atoms with van der Waals surface area (Å²) in [6.45, 7) is 5.04. The fourth-order valence-corrected chi connectivity index (χ4v) is 5.13. The molecular formula is C19H21N3O4S2. The molecule has 1 fully saturated rings. The van der Waals surface area contributed by atoms with Gasteiger partial charge in [-0.3, -0.25) is 4.79 Å². The number of aromatic nitrogens is 2. The Kier molecular flexibility index (Phi) is 5.96. The van der Waals surface area contributed by atoms with Crippen molar-refractivity contribution in [2.24, 2.45) is 0 Å². The molecule has 1 aromatic carbocycles. The van der Waals surface area contributed by atoms with Crippen LogP contribution in [0.3, 0.4) is 0 Å². The zero-order chi connectivity index (χ0) is 19.5. The third kappa shape index (κ3) is 4.38.